The molecule has 3 N–H and O–H groups in total. The summed E-state index contributed by atoms with van der Waals surface area (Å²) < 4.78 is 0. The van der Waals surface area contributed by atoms with Gasteiger partial charge < -0.3 is 10.8 Å². The Kier molecular flexibility index (Phi) is 4.93. The van der Waals surface area contributed by atoms with Crippen molar-refractivity contribution in [1.29, 1.82) is 0 Å². The number of aromatic hydroxyl groups is 1. The van der Waals surface area contributed by atoms with Crippen LogP contribution in [0.2, 0.25) is 0 Å². The summed E-state index contributed by atoms with van der Waals surface area (Å²) in [4.78, 5) is 0. The van der Waals surface area contributed by atoms with Gasteiger partial charge in [-0.05, 0) is 31.0 Å². The minimum absolute atomic E-state index is 0. The average Bonchev–Trinajstić information content (AvgIpc) is 1.93. The van der Waals surface area contributed by atoms with Gasteiger partial charge in [-0.2, -0.15) is 0 Å². The van der Waals surface area contributed by atoms with Crippen molar-refractivity contribution in [3.8, 4) is 5.75 Å². The van der Waals surface area contributed by atoms with E-state index in [9.17, 15) is 0 Å². The molecule has 3 heteroatoms. The number of rotatable bonds is 2. The van der Waals surface area contributed by atoms with E-state index in [0.29, 0.717) is 5.75 Å². The summed E-state index contributed by atoms with van der Waals surface area (Å²) in [5, 5.41) is 8.96. The molecule has 0 spiro atoms. The first-order valence-electron chi connectivity index (χ1n) is 3.72. The lowest BCUT2D eigenvalue weighted by Gasteiger charge is -2.03. The number of benzene rings is 1. The van der Waals surface area contributed by atoms with E-state index in [-0.39, 0.29) is 23.0 Å². The van der Waals surface area contributed by atoms with Crippen molar-refractivity contribution in [1.82, 2.24) is 0 Å². The van der Waals surface area contributed by atoms with Crippen LogP contribution >= 0.6 is 17.0 Å². The summed E-state index contributed by atoms with van der Waals surface area (Å²) in [5.41, 5.74) is 6.76. The quantitative estimate of drug-likeness (QED) is 0.817. The van der Waals surface area contributed by atoms with E-state index in [2.05, 4.69) is 0 Å². The van der Waals surface area contributed by atoms with Crippen LogP contribution in [0, 0.1) is 0 Å². The van der Waals surface area contributed by atoms with Crippen LogP contribution in [0.5, 0.6) is 5.75 Å². The highest BCUT2D eigenvalue weighted by molar-refractivity contribution is 8.93. The summed E-state index contributed by atoms with van der Waals surface area (Å²) in [5.74, 6) is 0.304. The molecule has 1 rings (SSSR count). The summed E-state index contributed by atoms with van der Waals surface area (Å²) in [6, 6.07) is 7.31. The maximum absolute atomic E-state index is 8.96. The van der Waals surface area contributed by atoms with Gasteiger partial charge in [0.25, 0.3) is 0 Å². The number of halogens is 1. The summed E-state index contributed by atoms with van der Waals surface area (Å²) in [6.45, 7) is 1.97. The molecule has 12 heavy (non-hydrogen) atoms. The van der Waals surface area contributed by atoms with Gasteiger partial charge in [-0.1, -0.05) is 12.1 Å². The van der Waals surface area contributed by atoms with Gasteiger partial charge in [0, 0.05) is 6.04 Å². The molecule has 1 aromatic carbocycles. The van der Waals surface area contributed by atoms with Crippen LogP contribution in [0.3, 0.4) is 0 Å². The van der Waals surface area contributed by atoms with E-state index in [0.717, 1.165) is 12.0 Å². The molecule has 1 atom stereocenters. The van der Waals surface area contributed by atoms with Crippen LogP contribution in [0.1, 0.15) is 12.5 Å². The molecule has 0 aliphatic carbocycles. The smallest absolute Gasteiger partial charge is 0.115 e. The second-order valence-electron chi connectivity index (χ2n) is 2.85. The molecule has 0 saturated carbocycles. The lowest BCUT2D eigenvalue weighted by atomic mass is 10.1. The molecule has 68 valence electrons. The molecule has 0 amide bonds. The molecular formula is C9H14BrNO. The van der Waals surface area contributed by atoms with Crippen molar-refractivity contribution in [2.24, 2.45) is 5.73 Å². The first kappa shape index (κ1) is 11.5. The Hall–Kier alpha value is -0.540. The zero-order valence-corrected chi connectivity index (χ0v) is 8.74. The van der Waals surface area contributed by atoms with Gasteiger partial charge in [0.05, 0.1) is 0 Å². The first-order valence-corrected chi connectivity index (χ1v) is 3.72. The van der Waals surface area contributed by atoms with Gasteiger partial charge >= 0.3 is 0 Å². The summed E-state index contributed by atoms with van der Waals surface area (Å²) in [7, 11) is 0. The van der Waals surface area contributed by atoms with Gasteiger partial charge in [0.2, 0.25) is 0 Å². The van der Waals surface area contributed by atoms with Crippen molar-refractivity contribution in [3.63, 3.8) is 0 Å². The second-order valence-corrected chi connectivity index (χ2v) is 2.85. The minimum Gasteiger partial charge on any atom is -0.508 e. The Morgan fingerprint density at radius 3 is 2.25 bits per heavy atom. The number of hydrogen-bond donors (Lipinski definition) is 2. The van der Waals surface area contributed by atoms with Crippen molar-refractivity contribution >= 4 is 17.0 Å². The minimum atomic E-state index is 0. The summed E-state index contributed by atoms with van der Waals surface area (Å²) in [6.07, 6.45) is 0.861. The Morgan fingerprint density at radius 1 is 1.33 bits per heavy atom. The SMILES string of the molecule is Br.C[C@H](N)Cc1ccc(O)cc1. The molecule has 0 aliphatic rings. The topological polar surface area (TPSA) is 46.2 Å². The molecule has 0 heterocycles. The Balaban J connectivity index is 0.00000121. The number of nitrogens with two attached hydrogens (primary N) is 1. The fourth-order valence-electron chi connectivity index (χ4n) is 1.00. The lowest BCUT2D eigenvalue weighted by Crippen LogP contribution is -2.17. The fourth-order valence-corrected chi connectivity index (χ4v) is 1.00. The normalized spacial score (nSPS) is 11.8. The van der Waals surface area contributed by atoms with Crippen LogP contribution in [0.25, 0.3) is 0 Å². The van der Waals surface area contributed by atoms with Crippen LogP contribution in [0.4, 0.5) is 0 Å². The highest BCUT2D eigenvalue weighted by Crippen LogP contribution is 2.10. The number of hydrogen-bond acceptors (Lipinski definition) is 2. The van der Waals surface area contributed by atoms with E-state index in [1.165, 1.54) is 0 Å². The first-order chi connectivity index (χ1) is 5.18. The third kappa shape index (κ3) is 3.74. The molecule has 0 radical (unpaired) electrons. The number of phenols is 1. The zero-order chi connectivity index (χ0) is 8.27. The molecule has 0 bridgehead atoms. The average molecular weight is 232 g/mol. The van der Waals surface area contributed by atoms with Crippen LogP contribution < -0.4 is 5.73 Å². The molecular weight excluding hydrogens is 218 g/mol. The van der Waals surface area contributed by atoms with E-state index in [4.69, 9.17) is 10.8 Å². The molecule has 0 aromatic heterocycles. The Bertz CT molecular complexity index is 220. The Morgan fingerprint density at radius 2 is 1.83 bits per heavy atom. The van der Waals surface area contributed by atoms with Crippen molar-refractivity contribution in [3.05, 3.63) is 29.8 Å². The molecule has 2 nitrogen and oxygen atoms in total. The van der Waals surface area contributed by atoms with Gasteiger partial charge in [-0.15, -0.1) is 17.0 Å². The van der Waals surface area contributed by atoms with Gasteiger partial charge in [-0.25, -0.2) is 0 Å². The summed E-state index contributed by atoms with van der Waals surface area (Å²) >= 11 is 0. The van der Waals surface area contributed by atoms with Gasteiger partial charge in [0.1, 0.15) is 5.75 Å². The molecule has 0 fully saturated rings. The third-order valence-corrected chi connectivity index (χ3v) is 1.49. The van der Waals surface area contributed by atoms with Crippen LogP contribution in [-0.2, 0) is 6.42 Å². The molecule has 0 unspecified atom stereocenters. The maximum Gasteiger partial charge on any atom is 0.115 e. The van der Waals surface area contributed by atoms with Crippen LogP contribution in [0.15, 0.2) is 24.3 Å². The van der Waals surface area contributed by atoms with E-state index < -0.39 is 0 Å². The fraction of sp³-hybridized carbons (Fsp3) is 0.333. The highest BCUT2D eigenvalue weighted by Gasteiger charge is 1.96. The van der Waals surface area contributed by atoms with E-state index in [1.54, 1.807) is 12.1 Å². The largest absolute Gasteiger partial charge is 0.508 e. The standard InChI is InChI=1S/C9H13NO.BrH/c1-7(10)6-8-2-4-9(11)5-3-8;/h2-5,7,11H,6,10H2,1H3;1H/t7-;/m0./s1. The maximum atomic E-state index is 8.96. The molecule has 0 saturated heterocycles. The van der Waals surface area contributed by atoms with Crippen molar-refractivity contribution in [2.45, 2.75) is 19.4 Å². The lowest BCUT2D eigenvalue weighted by molar-refractivity contribution is 0.475. The van der Waals surface area contributed by atoms with Crippen molar-refractivity contribution in [2.75, 3.05) is 0 Å². The van der Waals surface area contributed by atoms with Gasteiger partial charge in [0.15, 0.2) is 0 Å². The monoisotopic (exact) mass is 231 g/mol. The number of phenolic OH excluding ortho intramolecular Hbond substituents is 1. The van der Waals surface area contributed by atoms with E-state index in [1.807, 2.05) is 19.1 Å². The molecule has 1 aromatic rings. The van der Waals surface area contributed by atoms with Crippen LogP contribution in [-0.4, -0.2) is 11.1 Å². The highest BCUT2D eigenvalue weighted by atomic mass is 79.9. The second kappa shape index (κ2) is 5.17. The predicted molar refractivity (Wildman–Crippen MR) is 55.8 cm³/mol. The Labute approximate surface area is 83.2 Å². The van der Waals surface area contributed by atoms with Gasteiger partial charge in [-0.3, -0.25) is 0 Å². The predicted octanol–water partition coefficient (Wildman–Crippen LogP) is 1.86. The van der Waals surface area contributed by atoms with Crippen molar-refractivity contribution < 1.29 is 5.11 Å². The third-order valence-electron chi connectivity index (χ3n) is 1.49. The zero-order valence-electron chi connectivity index (χ0n) is 7.03. The van der Waals surface area contributed by atoms with E-state index >= 15 is 0 Å². The molecule has 0 aliphatic heterocycles.